The number of benzene rings is 3. The van der Waals surface area contributed by atoms with Gasteiger partial charge in [0.05, 0.1) is 12.4 Å². The summed E-state index contributed by atoms with van der Waals surface area (Å²) in [5.41, 5.74) is 2.12. The summed E-state index contributed by atoms with van der Waals surface area (Å²) in [6.07, 6.45) is 9.13. The maximum atomic E-state index is 12.1. The van der Waals surface area contributed by atoms with Crippen LogP contribution in [0.3, 0.4) is 0 Å². The van der Waals surface area contributed by atoms with E-state index in [1.165, 1.54) is 38.6 Å². The number of hydrogen-bond acceptors (Lipinski definition) is 6. The molecular formula is C31H37NO5S. The summed E-state index contributed by atoms with van der Waals surface area (Å²) in [7, 11) is -1.39. The van der Waals surface area contributed by atoms with Gasteiger partial charge in [-0.15, -0.1) is 0 Å². The fourth-order valence-electron chi connectivity index (χ4n) is 5.41. The van der Waals surface area contributed by atoms with Crippen LogP contribution in [0.2, 0.25) is 0 Å². The molecule has 0 saturated carbocycles. The van der Waals surface area contributed by atoms with Crippen molar-refractivity contribution in [3.8, 4) is 23.0 Å². The number of ether oxygens (including phenoxy) is 3. The van der Waals surface area contributed by atoms with Crippen LogP contribution in [0.1, 0.15) is 44.1 Å². The molecule has 1 unspecified atom stereocenters. The maximum absolute atomic E-state index is 12.1. The molecular weight excluding hydrogens is 498 g/mol. The highest BCUT2D eigenvalue weighted by Gasteiger charge is 2.25. The van der Waals surface area contributed by atoms with Crippen LogP contribution in [0.25, 0.3) is 16.3 Å². The van der Waals surface area contributed by atoms with Gasteiger partial charge in [0.2, 0.25) is 0 Å². The largest absolute Gasteiger partial charge is 0.497 e. The minimum Gasteiger partial charge on any atom is -0.497 e. The monoisotopic (exact) mass is 535 g/mol. The number of methoxy groups -OCH3 is 1. The third-order valence-electron chi connectivity index (χ3n) is 7.66. The quantitative estimate of drug-likeness (QED) is 0.312. The summed E-state index contributed by atoms with van der Waals surface area (Å²) < 4.78 is 42.1. The van der Waals surface area contributed by atoms with E-state index in [1.54, 1.807) is 7.11 Å². The van der Waals surface area contributed by atoms with Gasteiger partial charge in [0.15, 0.2) is 9.84 Å². The summed E-state index contributed by atoms with van der Waals surface area (Å²) in [5.74, 6) is 3.12. The van der Waals surface area contributed by atoms with Gasteiger partial charge in [-0.2, -0.15) is 0 Å². The van der Waals surface area contributed by atoms with Crippen LogP contribution < -0.4 is 14.2 Å². The molecule has 1 heterocycles. The van der Waals surface area contributed by atoms with E-state index in [0.717, 1.165) is 51.5 Å². The number of allylic oxidation sites excluding steroid dienone is 2. The summed E-state index contributed by atoms with van der Waals surface area (Å²) in [6.45, 7) is 3.97. The minimum atomic E-state index is -3.05. The zero-order chi connectivity index (χ0) is 26.5. The first-order valence-corrected chi connectivity index (χ1v) is 15.5. The van der Waals surface area contributed by atoms with Gasteiger partial charge in [-0.25, -0.2) is 8.42 Å². The second-order valence-electron chi connectivity index (χ2n) is 10.3. The smallest absolute Gasteiger partial charge is 0.150 e. The molecule has 38 heavy (non-hydrogen) atoms. The Labute approximate surface area is 226 Å². The van der Waals surface area contributed by atoms with Crippen LogP contribution in [0.4, 0.5) is 0 Å². The van der Waals surface area contributed by atoms with Crippen molar-refractivity contribution in [2.24, 2.45) is 0 Å². The third kappa shape index (κ3) is 6.33. The number of sulfone groups is 1. The molecule has 6 nitrogen and oxygen atoms in total. The molecule has 2 aliphatic rings. The number of piperidine rings is 1. The minimum absolute atomic E-state index is 0.317. The predicted molar refractivity (Wildman–Crippen MR) is 153 cm³/mol. The van der Waals surface area contributed by atoms with E-state index >= 15 is 0 Å². The van der Waals surface area contributed by atoms with Gasteiger partial charge < -0.3 is 14.2 Å². The molecule has 0 spiro atoms. The first kappa shape index (κ1) is 26.6. The normalized spacial score (nSPS) is 18.7. The van der Waals surface area contributed by atoms with Gasteiger partial charge in [0.25, 0.3) is 0 Å². The molecule has 3 aromatic rings. The van der Waals surface area contributed by atoms with Crippen molar-refractivity contribution in [2.75, 3.05) is 39.6 Å². The standard InChI is InChI=1S/C31H37NO5S/c1-35-27-13-17-30-24(22-27)8-16-29(23-6-14-28(15-7-23)38(2,33)34)31(30)37-26-11-9-25(10-12-26)36-21-20-32-18-4-3-5-19-32/h6,8-13,16-17,22,28H,3-5,7,14-15,18-21H2,1-2H3. The van der Waals surface area contributed by atoms with Crippen LogP contribution in [0.5, 0.6) is 23.0 Å². The van der Waals surface area contributed by atoms with Gasteiger partial charge >= 0.3 is 0 Å². The Balaban J connectivity index is 1.37. The lowest BCUT2D eigenvalue weighted by atomic mass is 9.91. The summed E-state index contributed by atoms with van der Waals surface area (Å²) in [5, 5.41) is 1.69. The van der Waals surface area contributed by atoms with Crippen LogP contribution >= 0.6 is 0 Å². The number of nitrogens with zero attached hydrogens (tertiary/aromatic N) is 1. The molecule has 0 radical (unpaired) electrons. The van der Waals surface area contributed by atoms with E-state index < -0.39 is 9.84 Å². The summed E-state index contributed by atoms with van der Waals surface area (Å²) in [4.78, 5) is 2.47. The lowest BCUT2D eigenvalue weighted by molar-refractivity contribution is 0.183. The van der Waals surface area contributed by atoms with Crippen LogP contribution in [-0.2, 0) is 9.84 Å². The fourth-order valence-corrected chi connectivity index (χ4v) is 6.40. The lowest BCUT2D eigenvalue weighted by Gasteiger charge is -2.26. The van der Waals surface area contributed by atoms with Crippen molar-refractivity contribution in [1.82, 2.24) is 4.90 Å². The number of rotatable bonds is 9. The molecule has 202 valence electrons. The van der Waals surface area contributed by atoms with Gasteiger partial charge in [-0.1, -0.05) is 24.6 Å². The lowest BCUT2D eigenvalue weighted by Crippen LogP contribution is -2.33. The highest BCUT2D eigenvalue weighted by Crippen LogP contribution is 2.42. The Morgan fingerprint density at radius 3 is 2.34 bits per heavy atom. The van der Waals surface area contributed by atoms with Crippen molar-refractivity contribution in [2.45, 2.75) is 43.8 Å². The first-order valence-electron chi connectivity index (χ1n) is 13.5. The predicted octanol–water partition coefficient (Wildman–Crippen LogP) is 6.49. The van der Waals surface area contributed by atoms with Crippen LogP contribution in [0.15, 0.2) is 60.7 Å². The molecule has 1 atom stereocenters. The van der Waals surface area contributed by atoms with E-state index in [-0.39, 0.29) is 5.25 Å². The van der Waals surface area contributed by atoms with Crippen LogP contribution in [0, 0.1) is 0 Å². The van der Waals surface area contributed by atoms with Gasteiger partial charge in [-0.05, 0) is 98.6 Å². The molecule has 7 heteroatoms. The van der Waals surface area contributed by atoms with Crippen LogP contribution in [-0.4, -0.2) is 58.2 Å². The molecule has 0 N–H and O–H groups in total. The molecule has 1 saturated heterocycles. The molecule has 0 bridgehead atoms. The van der Waals surface area contributed by atoms with E-state index in [9.17, 15) is 8.42 Å². The Kier molecular flexibility index (Phi) is 8.24. The number of hydrogen-bond donors (Lipinski definition) is 0. The fraction of sp³-hybridized carbons (Fsp3) is 0.419. The summed E-state index contributed by atoms with van der Waals surface area (Å²) in [6, 6.07) is 17.9. The first-order chi connectivity index (χ1) is 18.4. The Bertz CT molecular complexity index is 1390. The summed E-state index contributed by atoms with van der Waals surface area (Å²) >= 11 is 0. The molecule has 0 aromatic heterocycles. The van der Waals surface area contributed by atoms with Gasteiger partial charge in [-0.3, -0.25) is 4.90 Å². The zero-order valence-corrected chi connectivity index (χ0v) is 23.1. The van der Waals surface area contributed by atoms with E-state index in [0.29, 0.717) is 25.9 Å². The zero-order valence-electron chi connectivity index (χ0n) is 22.3. The molecule has 1 aliphatic carbocycles. The highest BCUT2D eigenvalue weighted by atomic mass is 32.2. The molecule has 1 fully saturated rings. The van der Waals surface area contributed by atoms with Crippen molar-refractivity contribution < 1.29 is 22.6 Å². The van der Waals surface area contributed by atoms with Crippen molar-refractivity contribution in [3.05, 3.63) is 66.2 Å². The topological polar surface area (TPSA) is 65.1 Å². The average Bonchev–Trinajstić information content (AvgIpc) is 2.94. The third-order valence-corrected chi connectivity index (χ3v) is 9.30. The molecule has 5 rings (SSSR count). The second kappa shape index (κ2) is 11.8. The number of likely N-dealkylation sites (tertiary alicyclic amines) is 1. The van der Waals surface area contributed by atoms with Gasteiger partial charge in [0, 0.05) is 23.8 Å². The maximum Gasteiger partial charge on any atom is 0.150 e. The van der Waals surface area contributed by atoms with Crippen molar-refractivity contribution in [1.29, 1.82) is 0 Å². The molecule has 3 aromatic carbocycles. The average molecular weight is 536 g/mol. The SMILES string of the molecule is COc1ccc2c(Oc3ccc(OCCN4CCCCC4)cc3)c(C3=CCC(S(C)(=O)=O)CC3)ccc2c1. The number of fused-ring (bicyclic) bond motifs is 1. The van der Waals surface area contributed by atoms with E-state index in [1.807, 2.05) is 42.5 Å². The van der Waals surface area contributed by atoms with E-state index in [2.05, 4.69) is 23.1 Å². The Morgan fingerprint density at radius 1 is 0.921 bits per heavy atom. The van der Waals surface area contributed by atoms with Gasteiger partial charge in [0.1, 0.15) is 29.6 Å². The van der Waals surface area contributed by atoms with E-state index in [4.69, 9.17) is 14.2 Å². The second-order valence-corrected chi connectivity index (χ2v) is 12.6. The highest BCUT2D eigenvalue weighted by molar-refractivity contribution is 7.91. The van der Waals surface area contributed by atoms with Crippen molar-refractivity contribution >= 4 is 26.2 Å². The molecule has 1 aliphatic heterocycles. The Hall–Kier alpha value is -3.03. The Morgan fingerprint density at radius 2 is 1.66 bits per heavy atom. The molecule has 0 amide bonds. The van der Waals surface area contributed by atoms with Crippen molar-refractivity contribution in [3.63, 3.8) is 0 Å².